The van der Waals surface area contributed by atoms with Gasteiger partial charge in [0.05, 0.1) is 83.7 Å². The quantitative estimate of drug-likeness (QED) is 0.267. The van der Waals surface area contributed by atoms with E-state index in [1.165, 1.54) is 4.90 Å². The van der Waals surface area contributed by atoms with Gasteiger partial charge in [0, 0.05) is 0 Å². The highest BCUT2D eigenvalue weighted by Crippen LogP contribution is 2.21. The summed E-state index contributed by atoms with van der Waals surface area (Å²) in [5.41, 5.74) is 2.05. The lowest BCUT2D eigenvalue weighted by Gasteiger charge is -2.13. The summed E-state index contributed by atoms with van der Waals surface area (Å²) in [6, 6.07) is 16.9. The molecule has 0 radical (unpaired) electrons. The Bertz CT molecular complexity index is 824. The van der Waals surface area contributed by atoms with Crippen LogP contribution in [-0.2, 0) is 30.3 Å². The van der Waals surface area contributed by atoms with Crippen molar-refractivity contribution < 1.29 is 33.3 Å². The first-order chi connectivity index (χ1) is 16.3. The lowest BCUT2D eigenvalue weighted by atomic mass is 10.1. The van der Waals surface area contributed by atoms with Crippen LogP contribution in [0.15, 0.2) is 54.6 Å². The predicted octanol–water partition coefficient (Wildman–Crippen LogP) is 2.57. The predicted molar refractivity (Wildman–Crippen MR) is 121 cm³/mol. The molecule has 0 bridgehead atoms. The standard InChI is InChI=1S/C25H31NO7/c27-24-22-8-4-5-9-23(22)25(28)26(24)10-11-29-12-13-30-14-15-31-16-17-32-18-19-33-20-21-6-2-1-3-7-21/h1-9H,10-20H2. The SMILES string of the molecule is O=C1c2ccccc2C(=O)N1CCOCCOCCOCCOCCOCc1ccccc1. The molecule has 1 aliphatic heterocycles. The van der Waals surface area contributed by atoms with E-state index < -0.39 is 0 Å². The van der Waals surface area contributed by atoms with Gasteiger partial charge in [-0.3, -0.25) is 14.5 Å². The number of benzene rings is 2. The minimum Gasteiger partial charge on any atom is -0.377 e. The molecule has 0 saturated carbocycles. The topological polar surface area (TPSA) is 83.5 Å². The molecule has 2 amide bonds. The highest BCUT2D eigenvalue weighted by atomic mass is 16.6. The first-order valence-electron chi connectivity index (χ1n) is 11.2. The number of ether oxygens (including phenoxy) is 5. The summed E-state index contributed by atoms with van der Waals surface area (Å²) >= 11 is 0. The Hall–Kier alpha value is -2.62. The maximum Gasteiger partial charge on any atom is 0.261 e. The molecule has 0 fully saturated rings. The highest BCUT2D eigenvalue weighted by molar-refractivity contribution is 6.21. The van der Waals surface area contributed by atoms with Crippen LogP contribution < -0.4 is 0 Å². The van der Waals surface area contributed by atoms with Crippen LogP contribution in [0.25, 0.3) is 0 Å². The zero-order valence-corrected chi connectivity index (χ0v) is 18.8. The lowest BCUT2D eigenvalue weighted by Crippen LogP contribution is -2.33. The van der Waals surface area contributed by atoms with Crippen LogP contribution >= 0.6 is 0 Å². The normalized spacial score (nSPS) is 13.0. The average Bonchev–Trinajstić information content (AvgIpc) is 3.09. The van der Waals surface area contributed by atoms with Gasteiger partial charge in [0.15, 0.2) is 0 Å². The fraction of sp³-hybridized carbons (Fsp3) is 0.440. The van der Waals surface area contributed by atoms with E-state index in [0.29, 0.717) is 70.6 Å². The second kappa shape index (κ2) is 14.5. The molecule has 1 heterocycles. The second-order valence-electron chi connectivity index (χ2n) is 7.30. The molecule has 1 aliphatic rings. The van der Waals surface area contributed by atoms with Crippen molar-refractivity contribution in [2.45, 2.75) is 6.61 Å². The Kier molecular flexibility index (Phi) is 11.0. The van der Waals surface area contributed by atoms with Crippen LogP contribution in [0.5, 0.6) is 0 Å². The Morgan fingerprint density at radius 3 is 1.45 bits per heavy atom. The van der Waals surface area contributed by atoms with Gasteiger partial charge in [0.2, 0.25) is 0 Å². The number of hydrogen-bond acceptors (Lipinski definition) is 7. The third-order valence-corrected chi connectivity index (χ3v) is 4.94. The van der Waals surface area contributed by atoms with E-state index in [0.717, 1.165) is 5.56 Å². The molecule has 2 aromatic carbocycles. The van der Waals surface area contributed by atoms with Crippen molar-refractivity contribution in [3.8, 4) is 0 Å². The van der Waals surface area contributed by atoms with Gasteiger partial charge in [-0.2, -0.15) is 0 Å². The van der Waals surface area contributed by atoms with E-state index in [2.05, 4.69) is 0 Å². The van der Waals surface area contributed by atoms with Crippen molar-refractivity contribution in [1.82, 2.24) is 4.90 Å². The van der Waals surface area contributed by atoms with Crippen LogP contribution in [-0.4, -0.2) is 82.7 Å². The summed E-state index contributed by atoms with van der Waals surface area (Å²) < 4.78 is 27.4. The maximum absolute atomic E-state index is 12.2. The minimum absolute atomic E-state index is 0.229. The number of amides is 2. The van der Waals surface area contributed by atoms with E-state index in [4.69, 9.17) is 23.7 Å². The van der Waals surface area contributed by atoms with E-state index in [-0.39, 0.29) is 25.0 Å². The molecule has 0 N–H and O–H groups in total. The van der Waals surface area contributed by atoms with Crippen LogP contribution in [0.2, 0.25) is 0 Å². The minimum atomic E-state index is -0.267. The van der Waals surface area contributed by atoms with Gasteiger partial charge in [-0.05, 0) is 17.7 Å². The number of carbonyl (C=O) groups is 2. The molecular formula is C25H31NO7. The third-order valence-electron chi connectivity index (χ3n) is 4.94. The average molecular weight is 458 g/mol. The number of imide groups is 1. The van der Waals surface area contributed by atoms with Crippen molar-refractivity contribution in [1.29, 1.82) is 0 Å². The number of carbonyl (C=O) groups excluding carboxylic acids is 2. The molecule has 0 saturated heterocycles. The molecular weight excluding hydrogens is 426 g/mol. The zero-order valence-electron chi connectivity index (χ0n) is 18.8. The Morgan fingerprint density at radius 1 is 0.515 bits per heavy atom. The number of nitrogens with zero attached hydrogens (tertiary/aromatic N) is 1. The van der Waals surface area contributed by atoms with Crippen LogP contribution in [0.4, 0.5) is 0 Å². The Morgan fingerprint density at radius 2 is 0.939 bits per heavy atom. The summed E-state index contributed by atoms with van der Waals surface area (Å²) in [5, 5.41) is 0. The van der Waals surface area contributed by atoms with Gasteiger partial charge < -0.3 is 23.7 Å². The summed E-state index contributed by atoms with van der Waals surface area (Å²) in [4.78, 5) is 25.7. The van der Waals surface area contributed by atoms with Crippen molar-refractivity contribution in [2.75, 3.05) is 66.0 Å². The highest BCUT2D eigenvalue weighted by Gasteiger charge is 2.34. The smallest absolute Gasteiger partial charge is 0.261 e. The molecule has 0 unspecified atom stereocenters. The molecule has 8 heteroatoms. The molecule has 8 nitrogen and oxygen atoms in total. The van der Waals surface area contributed by atoms with Gasteiger partial charge in [-0.25, -0.2) is 0 Å². The molecule has 178 valence electrons. The molecule has 0 aromatic heterocycles. The maximum atomic E-state index is 12.2. The summed E-state index contributed by atoms with van der Waals surface area (Å²) in [7, 11) is 0. The van der Waals surface area contributed by atoms with Gasteiger partial charge in [0.25, 0.3) is 11.8 Å². The number of fused-ring (bicyclic) bond motifs is 1. The first-order valence-corrected chi connectivity index (χ1v) is 11.2. The molecule has 0 aliphatic carbocycles. The fourth-order valence-electron chi connectivity index (χ4n) is 3.24. The fourth-order valence-corrected chi connectivity index (χ4v) is 3.24. The molecule has 3 rings (SSSR count). The van der Waals surface area contributed by atoms with Crippen LogP contribution in [0.1, 0.15) is 26.3 Å². The molecule has 0 spiro atoms. The van der Waals surface area contributed by atoms with Crippen LogP contribution in [0, 0.1) is 0 Å². The largest absolute Gasteiger partial charge is 0.377 e. The summed E-state index contributed by atoms with van der Waals surface area (Å²) in [5.74, 6) is -0.535. The lowest BCUT2D eigenvalue weighted by molar-refractivity contribution is -0.0131. The van der Waals surface area contributed by atoms with Gasteiger partial charge in [0.1, 0.15) is 0 Å². The van der Waals surface area contributed by atoms with E-state index >= 15 is 0 Å². The Balaban J connectivity index is 1.07. The first kappa shape index (κ1) is 25.0. The van der Waals surface area contributed by atoms with E-state index in [1.54, 1.807) is 24.3 Å². The van der Waals surface area contributed by atoms with E-state index in [9.17, 15) is 9.59 Å². The second-order valence-corrected chi connectivity index (χ2v) is 7.30. The molecule has 33 heavy (non-hydrogen) atoms. The van der Waals surface area contributed by atoms with Crippen molar-refractivity contribution in [3.63, 3.8) is 0 Å². The van der Waals surface area contributed by atoms with Crippen molar-refractivity contribution in [2.24, 2.45) is 0 Å². The van der Waals surface area contributed by atoms with Gasteiger partial charge in [-0.15, -0.1) is 0 Å². The monoisotopic (exact) mass is 457 g/mol. The summed E-state index contributed by atoms with van der Waals surface area (Å²) in [6.07, 6.45) is 0. The van der Waals surface area contributed by atoms with Crippen molar-refractivity contribution in [3.05, 3.63) is 71.3 Å². The zero-order chi connectivity index (χ0) is 23.1. The van der Waals surface area contributed by atoms with Crippen LogP contribution in [0.3, 0.4) is 0 Å². The Labute approximate surface area is 194 Å². The molecule has 0 atom stereocenters. The third kappa shape index (κ3) is 8.34. The number of rotatable bonds is 17. The van der Waals surface area contributed by atoms with E-state index in [1.807, 2.05) is 30.3 Å². The van der Waals surface area contributed by atoms with Gasteiger partial charge in [-0.1, -0.05) is 42.5 Å². The summed E-state index contributed by atoms with van der Waals surface area (Å²) in [6.45, 7) is 4.92. The van der Waals surface area contributed by atoms with Gasteiger partial charge >= 0.3 is 0 Å². The van der Waals surface area contributed by atoms with Crippen molar-refractivity contribution >= 4 is 11.8 Å². The number of hydrogen-bond donors (Lipinski definition) is 0. The molecule has 2 aromatic rings.